The third kappa shape index (κ3) is 1.28. The van der Waals surface area contributed by atoms with Crippen LogP contribution in [0.25, 0.3) is 0 Å². The number of hydrogen-bond donors (Lipinski definition) is 0. The molecular weight excluding hydrogens is 194 g/mol. The lowest BCUT2D eigenvalue weighted by Crippen LogP contribution is -2.38. The first-order chi connectivity index (χ1) is 7.25. The maximum atomic E-state index is 12.0. The molecule has 0 aromatic carbocycles. The van der Waals surface area contributed by atoms with Crippen LogP contribution in [0.15, 0.2) is 12.2 Å². The van der Waals surface area contributed by atoms with Gasteiger partial charge in [0, 0.05) is 5.92 Å². The number of amides is 2. The van der Waals surface area contributed by atoms with E-state index in [0.717, 1.165) is 6.42 Å². The molecule has 0 spiro atoms. The van der Waals surface area contributed by atoms with Gasteiger partial charge in [-0.1, -0.05) is 12.2 Å². The molecule has 2 bridgehead atoms. The number of fused-ring (bicyclic) bond motifs is 2. The maximum absolute atomic E-state index is 12.0. The fraction of sp³-hybridized carbons (Fsp3) is 0.545. The Morgan fingerprint density at radius 2 is 2.33 bits per heavy atom. The van der Waals surface area contributed by atoms with Crippen molar-refractivity contribution in [2.75, 3.05) is 13.2 Å². The number of carbonyl (C=O) groups is 2. The standard InChI is InChI=1S/C11H12NO3/c13-10(12-3-4-15-11(12)14)9-6-7-1-2-8(9)5-7/h1-2,6-9H,3-5H2. The van der Waals surface area contributed by atoms with E-state index in [4.69, 9.17) is 4.74 Å². The molecule has 2 fully saturated rings. The van der Waals surface area contributed by atoms with Gasteiger partial charge in [-0.15, -0.1) is 0 Å². The monoisotopic (exact) mass is 206 g/mol. The van der Waals surface area contributed by atoms with Crippen LogP contribution in [-0.4, -0.2) is 30.1 Å². The number of hydrogen-bond acceptors (Lipinski definition) is 3. The van der Waals surface area contributed by atoms with Crippen molar-refractivity contribution < 1.29 is 14.3 Å². The first-order valence-electron chi connectivity index (χ1n) is 5.27. The molecule has 0 aromatic heterocycles. The first-order valence-corrected chi connectivity index (χ1v) is 5.27. The minimum Gasteiger partial charge on any atom is -0.447 e. The van der Waals surface area contributed by atoms with E-state index in [0.29, 0.717) is 25.0 Å². The summed E-state index contributed by atoms with van der Waals surface area (Å²) in [6.45, 7) is 0.740. The molecule has 1 radical (unpaired) electrons. The first kappa shape index (κ1) is 8.95. The minimum atomic E-state index is -0.486. The molecule has 79 valence electrons. The Kier molecular flexibility index (Phi) is 1.84. The summed E-state index contributed by atoms with van der Waals surface area (Å²) in [5.41, 5.74) is 0. The highest BCUT2D eigenvalue weighted by atomic mass is 16.6. The Hall–Kier alpha value is -1.32. The lowest BCUT2D eigenvalue weighted by molar-refractivity contribution is -0.131. The van der Waals surface area contributed by atoms with Gasteiger partial charge in [-0.25, -0.2) is 9.69 Å². The number of allylic oxidation sites excluding steroid dienone is 2. The van der Waals surface area contributed by atoms with Crippen LogP contribution in [0.4, 0.5) is 4.79 Å². The molecule has 2 amide bonds. The molecule has 1 saturated carbocycles. The number of rotatable bonds is 1. The second kappa shape index (κ2) is 3.08. The van der Waals surface area contributed by atoms with Crippen LogP contribution >= 0.6 is 0 Å². The van der Waals surface area contributed by atoms with Crippen LogP contribution in [0.3, 0.4) is 0 Å². The van der Waals surface area contributed by atoms with Gasteiger partial charge >= 0.3 is 6.09 Å². The van der Waals surface area contributed by atoms with Crippen LogP contribution in [-0.2, 0) is 9.53 Å². The average molecular weight is 206 g/mol. The van der Waals surface area contributed by atoms with Gasteiger partial charge in [-0.2, -0.15) is 0 Å². The Labute approximate surface area is 87.9 Å². The summed E-state index contributed by atoms with van der Waals surface area (Å²) in [7, 11) is 0. The average Bonchev–Trinajstić information content (AvgIpc) is 2.91. The van der Waals surface area contributed by atoms with Crippen LogP contribution in [0.5, 0.6) is 0 Å². The van der Waals surface area contributed by atoms with Gasteiger partial charge in [0.1, 0.15) is 6.61 Å². The van der Waals surface area contributed by atoms with Crippen molar-refractivity contribution in [2.45, 2.75) is 6.42 Å². The molecule has 4 nitrogen and oxygen atoms in total. The van der Waals surface area contributed by atoms with E-state index >= 15 is 0 Å². The Morgan fingerprint density at radius 3 is 2.87 bits per heavy atom. The lowest BCUT2D eigenvalue weighted by Gasteiger charge is -2.20. The van der Waals surface area contributed by atoms with Crippen molar-refractivity contribution in [1.82, 2.24) is 4.90 Å². The van der Waals surface area contributed by atoms with Crippen LogP contribution in [0.2, 0.25) is 0 Å². The summed E-state index contributed by atoms with van der Waals surface area (Å²) in [6.07, 6.45) is 6.82. The van der Waals surface area contributed by atoms with Crippen LogP contribution in [0, 0.1) is 24.2 Å². The van der Waals surface area contributed by atoms with Gasteiger partial charge in [0.15, 0.2) is 0 Å². The number of carbonyl (C=O) groups excluding carboxylic acids is 2. The van der Waals surface area contributed by atoms with Crippen molar-refractivity contribution in [1.29, 1.82) is 0 Å². The van der Waals surface area contributed by atoms with Gasteiger partial charge in [0.05, 0.1) is 6.54 Å². The molecule has 3 atom stereocenters. The van der Waals surface area contributed by atoms with Crippen molar-refractivity contribution in [3.63, 3.8) is 0 Å². The third-order valence-corrected chi connectivity index (χ3v) is 3.38. The van der Waals surface area contributed by atoms with E-state index in [2.05, 4.69) is 18.6 Å². The SMILES string of the molecule is O=C1OCCN1C(=O)C1[CH]C2C=CC1C2. The molecule has 0 aromatic rings. The Bertz CT molecular complexity index is 350. The molecule has 15 heavy (non-hydrogen) atoms. The van der Waals surface area contributed by atoms with E-state index in [1.807, 2.05) is 0 Å². The molecule has 4 heteroatoms. The van der Waals surface area contributed by atoms with Crippen LogP contribution < -0.4 is 0 Å². The van der Waals surface area contributed by atoms with Crippen molar-refractivity contribution in [2.24, 2.45) is 17.8 Å². The van der Waals surface area contributed by atoms with Crippen LogP contribution in [0.1, 0.15) is 6.42 Å². The maximum Gasteiger partial charge on any atom is 0.416 e. The summed E-state index contributed by atoms with van der Waals surface area (Å²) < 4.78 is 4.76. The number of imide groups is 1. The largest absolute Gasteiger partial charge is 0.447 e. The second-order valence-corrected chi connectivity index (χ2v) is 4.27. The van der Waals surface area contributed by atoms with Crippen molar-refractivity contribution >= 4 is 12.0 Å². The quantitative estimate of drug-likeness (QED) is 0.601. The molecule has 1 saturated heterocycles. The normalized spacial score (nSPS) is 37.5. The summed E-state index contributed by atoms with van der Waals surface area (Å²) in [4.78, 5) is 24.5. The molecule has 3 unspecified atom stereocenters. The molecule has 2 aliphatic carbocycles. The molecule has 1 heterocycles. The van der Waals surface area contributed by atoms with E-state index in [1.54, 1.807) is 0 Å². The molecule has 1 aliphatic heterocycles. The Morgan fingerprint density at radius 1 is 1.47 bits per heavy atom. The number of ether oxygens (including phenoxy) is 1. The van der Waals surface area contributed by atoms with Crippen molar-refractivity contribution in [3.8, 4) is 0 Å². The highest BCUT2D eigenvalue weighted by Crippen LogP contribution is 2.43. The highest BCUT2D eigenvalue weighted by Gasteiger charge is 2.44. The van der Waals surface area contributed by atoms with E-state index in [1.165, 1.54) is 4.90 Å². The van der Waals surface area contributed by atoms with Gasteiger partial charge in [-0.3, -0.25) is 4.79 Å². The zero-order chi connectivity index (χ0) is 10.4. The molecular formula is C11H12NO3. The van der Waals surface area contributed by atoms with Gasteiger partial charge in [0.2, 0.25) is 5.91 Å². The summed E-state index contributed by atoms with van der Waals surface area (Å²) >= 11 is 0. The van der Waals surface area contributed by atoms with Gasteiger partial charge in [0.25, 0.3) is 0 Å². The zero-order valence-corrected chi connectivity index (χ0v) is 8.26. The lowest BCUT2D eigenvalue weighted by atomic mass is 9.92. The predicted octanol–water partition coefficient (Wildman–Crippen LogP) is 0.992. The second-order valence-electron chi connectivity index (χ2n) is 4.27. The highest BCUT2D eigenvalue weighted by molar-refractivity contribution is 5.95. The summed E-state index contributed by atoms with van der Waals surface area (Å²) in [5.74, 6) is 0.540. The van der Waals surface area contributed by atoms with Gasteiger partial charge < -0.3 is 4.74 Å². The fourth-order valence-corrected chi connectivity index (χ4v) is 2.61. The van der Waals surface area contributed by atoms with Gasteiger partial charge in [-0.05, 0) is 24.7 Å². The predicted molar refractivity (Wildman–Crippen MR) is 51.6 cm³/mol. The fourth-order valence-electron chi connectivity index (χ4n) is 2.61. The van der Waals surface area contributed by atoms with E-state index in [9.17, 15) is 9.59 Å². The summed E-state index contributed by atoms with van der Waals surface area (Å²) in [6, 6.07) is 0. The molecule has 3 rings (SSSR count). The number of nitrogens with zero attached hydrogens (tertiary/aromatic N) is 1. The van der Waals surface area contributed by atoms with E-state index in [-0.39, 0.29) is 11.8 Å². The zero-order valence-electron chi connectivity index (χ0n) is 8.26. The van der Waals surface area contributed by atoms with E-state index < -0.39 is 6.09 Å². The summed E-state index contributed by atoms with van der Waals surface area (Å²) in [5, 5.41) is 0. The molecule has 3 aliphatic rings. The van der Waals surface area contributed by atoms with Crippen molar-refractivity contribution in [3.05, 3.63) is 18.6 Å². The topological polar surface area (TPSA) is 46.6 Å². The number of cyclic esters (lactones) is 1. The molecule has 0 N–H and O–H groups in total. The third-order valence-electron chi connectivity index (χ3n) is 3.38. The smallest absolute Gasteiger partial charge is 0.416 e. The minimum absolute atomic E-state index is 0.0886. The Balaban J connectivity index is 1.75.